The van der Waals surface area contributed by atoms with E-state index in [1.54, 1.807) is 18.7 Å². The third kappa shape index (κ3) is 7.99. The summed E-state index contributed by atoms with van der Waals surface area (Å²) in [5.74, 6) is 0.0977. The molecule has 0 saturated heterocycles. The van der Waals surface area contributed by atoms with Gasteiger partial charge in [0, 0.05) is 18.2 Å². The monoisotopic (exact) mass is 247 g/mol. The number of aliphatic hydroxyl groups is 1. The summed E-state index contributed by atoms with van der Waals surface area (Å²) >= 11 is 1.70. The van der Waals surface area contributed by atoms with Crippen LogP contribution in [0.5, 0.6) is 0 Å². The molecule has 0 saturated carbocycles. The van der Waals surface area contributed by atoms with Crippen molar-refractivity contribution >= 4 is 17.7 Å². The van der Waals surface area contributed by atoms with Crippen LogP contribution in [0.4, 0.5) is 0 Å². The van der Waals surface area contributed by atoms with Gasteiger partial charge in [-0.05, 0) is 25.0 Å². The predicted octanol–water partition coefficient (Wildman–Crippen LogP) is 2.04. The molecule has 0 aliphatic heterocycles. The van der Waals surface area contributed by atoms with Crippen molar-refractivity contribution < 1.29 is 9.90 Å². The van der Waals surface area contributed by atoms with E-state index in [-0.39, 0.29) is 17.4 Å². The Hall–Kier alpha value is -0.220. The van der Waals surface area contributed by atoms with Gasteiger partial charge in [0.25, 0.3) is 0 Å². The molecule has 0 aliphatic rings. The average molecular weight is 247 g/mol. The molecule has 2 unspecified atom stereocenters. The quantitative estimate of drug-likeness (QED) is 0.724. The number of carbonyl (C=O) groups is 1. The van der Waals surface area contributed by atoms with E-state index >= 15 is 0 Å². The van der Waals surface area contributed by atoms with Crippen molar-refractivity contribution in [1.82, 2.24) is 5.32 Å². The number of amides is 1. The minimum absolute atomic E-state index is 0.0492. The molecule has 0 aliphatic carbocycles. The molecular formula is C12H25NO2S. The Morgan fingerprint density at radius 2 is 2.00 bits per heavy atom. The molecular weight excluding hydrogens is 222 g/mol. The summed E-state index contributed by atoms with van der Waals surface area (Å²) in [6, 6.07) is 0. The second-order valence-electron chi connectivity index (χ2n) is 5.24. The normalized spacial score (nSPS) is 15.6. The Morgan fingerprint density at radius 1 is 1.44 bits per heavy atom. The Kier molecular flexibility index (Phi) is 7.07. The number of hydrogen-bond acceptors (Lipinski definition) is 3. The minimum atomic E-state index is -0.322. The summed E-state index contributed by atoms with van der Waals surface area (Å²) in [6.07, 6.45) is 2.95. The smallest absolute Gasteiger partial charge is 0.221 e. The fourth-order valence-electron chi connectivity index (χ4n) is 1.63. The largest absolute Gasteiger partial charge is 0.393 e. The molecule has 3 nitrogen and oxygen atoms in total. The van der Waals surface area contributed by atoms with Crippen molar-refractivity contribution in [2.24, 2.45) is 5.41 Å². The zero-order chi connectivity index (χ0) is 12.8. The molecule has 0 fully saturated rings. The summed E-state index contributed by atoms with van der Waals surface area (Å²) in [5, 5.41) is 12.6. The predicted molar refractivity (Wildman–Crippen MR) is 70.7 cm³/mol. The maximum absolute atomic E-state index is 11.6. The molecule has 0 rings (SSSR count). The Labute approximate surface area is 103 Å². The van der Waals surface area contributed by atoms with Crippen LogP contribution < -0.4 is 5.32 Å². The van der Waals surface area contributed by atoms with Crippen molar-refractivity contribution in [2.45, 2.75) is 51.9 Å². The molecule has 2 atom stereocenters. The average Bonchev–Trinajstić information content (AvgIpc) is 2.13. The third-order valence-corrected chi connectivity index (χ3v) is 3.46. The molecule has 4 heteroatoms. The van der Waals surface area contributed by atoms with E-state index in [1.807, 2.05) is 13.2 Å². The van der Waals surface area contributed by atoms with Crippen LogP contribution in [0.1, 0.15) is 40.5 Å². The summed E-state index contributed by atoms with van der Waals surface area (Å²) in [5.41, 5.74) is -0.0492. The van der Waals surface area contributed by atoms with Crippen LogP contribution in [-0.4, -0.2) is 35.2 Å². The van der Waals surface area contributed by atoms with E-state index in [0.717, 1.165) is 0 Å². The lowest BCUT2D eigenvalue weighted by atomic mass is 9.87. The molecule has 0 bridgehead atoms. The number of thioether (sulfide) groups is 1. The highest BCUT2D eigenvalue weighted by atomic mass is 32.2. The van der Waals surface area contributed by atoms with Crippen LogP contribution in [0.15, 0.2) is 0 Å². The maximum atomic E-state index is 11.6. The minimum Gasteiger partial charge on any atom is -0.393 e. The van der Waals surface area contributed by atoms with Gasteiger partial charge >= 0.3 is 0 Å². The Bertz CT molecular complexity index is 217. The number of carbonyl (C=O) groups excluding carboxylic acids is 1. The van der Waals surface area contributed by atoms with Crippen molar-refractivity contribution in [3.05, 3.63) is 0 Å². The lowest BCUT2D eigenvalue weighted by Gasteiger charge is -2.26. The van der Waals surface area contributed by atoms with Gasteiger partial charge in [-0.3, -0.25) is 4.79 Å². The highest BCUT2D eigenvalue weighted by molar-refractivity contribution is 7.99. The molecule has 0 heterocycles. The second kappa shape index (κ2) is 7.17. The number of nitrogens with one attached hydrogen (secondary N) is 1. The van der Waals surface area contributed by atoms with E-state index in [2.05, 4.69) is 19.2 Å². The molecule has 16 heavy (non-hydrogen) atoms. The van der Waals surface area contributed by atoms with Crippen molar-refractivity contribution in [3.63, 3.8) is 0 Å². The van der Waals surface area contributed by atoms with E-state index in [1.165, 1.54) is 0 Å². The van der Waals surface area contributed by atoms with E-state index in [0.29, 0.717) is 24.6 Å². The molecule has 0 spiro atoms. The van der Waals surface area contributed by atoms with Gasteiger partial charge in [-0.1, -0.05) is 20.8 Å². The first-order valence-corrected chi connectivity index (χ1v) is 7.03. The first kappa shape index (κ1) is 15.8. The first-order chi connectivity index (χ1) is 7.26. The van der Waals surface area contributed by atoms with Gasteiger partial charge in [0.15, 0.2) is 0 Å². The van der Waals surface area contributed by atoms with Crippen LogP contribution in [-0.2, 0) is 4.79 Å². The molecule has 0 radical (unpaired) electrons. The highest BCUT2D eigenvalue weighted by Crippen LogP contribution is 2.21. The fourth-order valence-corrected chi connectivity index (χ4v) is 1.94. The molecule has 1 amide bonds. The summed E-state index contributed by atoms with van der Waals surface area (Å²) < 4.78 is 0. The zero-order valence-corrected chi connectivity index (χ0v) is 11.9. The van der Waals surface area contributed by atoms with Crippen LogP contribution in [0.2, 0.25) is 0 Å². The van der Waals surface area contributed by atoms with Crippen molar-refractivity contribution in [3.8, 4) is 0 Å². The van der Waals surface area contributed by atoms with Gasteiger partial charge in [0.2, 0.25) is 5.91 Å². The van der Waals surface area contributed by atoms with Crippen molar-refractivity contribution in [2.75, 3.05) is 12.8 Å². The number of rotatable bonds is 7. The second-order valence-corrected chi connectivity index (χ2v) is 6.52. The van der Waals surface area contributed by atoms with Crippen LogP contribution in [0, 0.1) is 5.41 Å². The van der Waals surface area contributed by atoms with Gasteiger partial charge < -0.3 is 10.4 Å². The van der Waals surface area contributed by atoms with Gasteiger partial charge in [-0.25, -0.2) is 0 Å². The molecule has 96 valence electrons. The number of aliphatic hydroxyl groups excluding tert-OH is 1. The van der Waals surface area contributed by atoms with Gasteiger partial charge in [0.05, 0.1) is 6.10 Å². The van der Waals surface area contributed by atoms with Crippen molar-refractivity contribution in [1.29, 1.82) is 0 Å². The SMILES string of the molecule is CSC(C)CC(=O)NCC(C)(C)CC(C)O. The lowest BCUT2D eigenvalue weighted by molar-refractivity contribution is -0.121. The molecule has 2 N–H and O–H groups in total. The Balaban J connectivity index is 3.90. The topological polar surface area (TPSA) is 49.3 Å². The van der Waals surface area contributed by atoms with E-state index < -0.39 is 0 Å². The standard InChI is InChI=1S/C12H25NO2S/c1-9(14)7-12(3,4)8-13-11(15)6-10(2)16-5/h9-10,14H,6-8H2,1-5H3,(H,13,15). The van der Waals surface area contributed by atoms with Crippen LogP contribution >= 0.6 is 11.8 Å². The van der Waals surface area contributed by atoms with E-state index in [4.69, 9.17) is 0 Å². The van der Waals surface area contributed by atoms with E-state index in [9.17, 15) is 9.90 Å². The summed E-state index contributed by atoms with van der Waals surface area (Å²) in [6.45, 7) is 8.55. The summed E-state index contributed by atoms with van der Waals surface area (Å²) in [4.78, 5) is 11.6. The van der Waals surface area contributed by atoms with Gasteiger partial charge in [0.1, 0.15) is 0 Å². The fraction of sp³-hybridized carbons (Fsp3) is 0.917. The van der Waals surface area contributed by atoms with Gasteiger partial charge in [-0.2, -0.15) is 11.8 Å². The Morgan fingerprint density at radius 3 is 2.44 bits per heavy atom. The zero-order valence-electron chi connectivity index (χ0n) is 11.0. The molecule has 0 aromatic rings. The number of hydrogen-bond donors (Lipinski definition) is 2. The highest BCUT2D eigenvalue weighted by Gasteiger charge is 2.21. The first-order valence-electron chi connectivity index (χ1n) is 5.74. The third-order valence-electron chi connectivity index (χ3n) is 2.49. The van der Waals surface area contributed by atoms with Crippen LogP contribution in [0.25, 0.3) is 0 Å². The molecule has 0 aromatic heterocycles. The van der Waals surface area contributed by atoms with Gasteiger partial charge in [-0.15, -0.1) is 0 Å². The summed E-state index contributed by atoms with van der Waals surface area (Å²) in [7, 11) is 0. The molecule has 0 aromatic carbocycles. The maximum Gasteiger partial charge on any atom is 0.221 e. The van der Waals surface area contributed by atoms with Crippen LogP contribution in [0.3, 0.4) is 0 Å². The lowest BCUT2D eigenvalue weighted by Crippen LogP contribution is -2.36.